The number of nitrogens with zero attached hydrogens (tertiary/aromatic N) is 4. The molecule has 1 amide bonds. The zero-order valence-corrected chi connectivity index (χ0v) is 14.5. The van der Waals surface area contributed by atoms with Crippen molar-refractivity contribution in [2.45, 2.75) is 38.3 Å². The third-order valence-corrected chi connectivity index (χ3v) is 4.58. The highest BCUT2D eigenvalue weighted by atomic mass is 16.1. The highest BCUT2D eigenvalue weighted by Gasteiger charge is 2.23. The van der Waals surface area contributed by atoms with Crippen molar-refractivity contribution in [3.63, 3.8) is 0 Å². The molecule has 3 rings (SSSR count). The van der Waals surface area contributed by atoms with Gasteiger partial charge < -0.3 is 11.1 Å². The molecule has 1 aromatic heterocycles. The van der Waals surface area contributed by atoms with Crippen LogP contribution in [0.15, 0.2) is 36.5 Å². The van der Waals surface area contributed by atoms with Gasteiger partial charge in [0.2, 0.25) is 5.91 Å². The van der Waals surface area contributed by atoms with Crippen LogP contribution >= 0.6 is 0 Å². The van der Waals surface area contributed by atoms with E-state index in [1.165, 1.54) is 12.8 Å². The third-order valence-electron chi connectivity index (χ3n) is 4.58. The van der Waals surface area contributed by atoms with Crippen LogP contribution < -0.4 is 11.1 Å². The molecule has 7 nitrogen and oxygen atoms in total. The lowest BCUT2D eigenvalue weighted by atomic mass is 10.0. The maximum absolute atomic E-state index is 11.7. The van der Waals surface area contributed by atoms with Crippen LogP contribution in [0, 0.1) is 0 Å². The minimum atomic E-state index is 0.0306. The van der Waals surface area contributed by atoms with Crippen molar-refractivity contribution in [3.8, 4) is 5.69 Å². The second-order valence-corrected chi connectivity index (χ2v) is 6.45. The number of hydrogen-bond donors (Lipinski definition) is 2. The first-order chi connectivity index (χ1) is 12.3. The molecular formula is C18H26N6O. The Labute approximate surface area is 148 Å². The van der Waals surface area contributed by atoms with Gasteiger partial charge in [-0.2, -0.15) is 0 Å². The molecule has 2 aromatic rings. The highest BCUT2D eigenvalue weighted by Crippen LogP contribution is 2.19. The molecule has 0 saturated carbocycles. The molecule has 3 N–H and O–H groups in total. The number of likely N-dealkylation sites (tertiary alicyclic amines) is 1. The zero-order valence-electron chi connectivity index (χ0n) is 14.5. The topological polar surface area (TPSA) is 89.1 Å². The monoisotopic (exact) mass is 342 g/mol. The van der Waals surface area contributed by atoms with E-state index < -0.39 is 0 Å². The van der Waals surface area contributed by atoms with Crippen molar-refractivity contribution in [1.82, 2.24) is 25.2 Å². The summed E-state index contributed by atoms with van der Waals surface area (Å²) in [4.78, 5) is 14.1. The molecular weight excluding hydrogens is 316 g/mol. The summed E-state index contributed by atoms with van der Waals surface area (Å²) in [7, 11) is 0. The Hall–Kier alpha value is -2.25. The fourth-order valence-electron chi connectivity index (χ4n) is 3.24. The molecule has 1 atom stereocenters. The Morgan fingerprint density at radius 3 is 2.92 bits per heavy atom. The van der Waals surface area contributed by atoms with Crippen molar-refractivity contribution in [2.24, 2.45) is 5.73 Å². The standard InChI is InChI=1S/C18H26N6O/c19-10-9-18(25)20-12-17-8-4-5-11-23(17)13-15-14-24(22-21-15)16-6-2-1-3-7-16/h1-3,6-7,14,17H,4-5,8-13,19H2,(H,20,25). The molecule has 0 bridgehead atoms. The number of carbonyl (C=O) groups excluding carboxylic acids is 1. The van der Waals surface area contributed by atoms with Gasteiger partial charge in [-0.05, 0) is 31.5 Å². The Bertz CT molecular complexity index is 671. The third kappa shape index (κ3) is 4.87. The average molecular weight is 342 g/mol. The Morgan fingerprint density at radius 1 is 1.28 bits per heavy atom. The Morgan fingerprint density at radius 2 is 2.12 bits per heavy atom. The number of benzene rings is 1. The van der Waals surface area contributed by atoms with E-state index in [1.54, 1.807) is 4.68 Å². The number of aromatic nitrogens is 3. The summed E-state index contributed by atoms with van der Waals surface area (Å²) in [6.07, 6.45) is 5.84. The van der Waals surface area contributed by atoms with Gasteiger partial charge in [0.15, 0.2) is 0 Å². The molecule has 0 radical (unpaired) electrons. The summed E-state index contributed by atoms with van der Waals surface area (Å²) in [5.41, 5.74) is 7.38. The van der Waals surface area contributed by atoms with Gasteiger partial charge in [0.05, 0.1) is 17.6 Å². The lowest BCUT2D eigenvalue weighted by molar-refractivity contribution is -0.121. The van der Waals surface area contributed by atoms with Gasteiger partial charge in [-0.1, -0.05) is 29.8 Å². The molecule has 25 heavy (non-hydrogen) atoms. The van der Waals surface area contributed by atoms with E-state index >= 15 is 0 Å². The molecule has 1 fully saturated rings. The fraction of sp³-hybridized carbons (Fsp3) is 0.500. The molecule has 7 heteroatoms. The van der Waals surface area contributed by atoms with Gasteiger partial charge >= 0.3 is 0 Å². The smallest absolute Gasteiger partial charge is 0.221 e. The van der Waals surface area contributed by atoms with Crippen LogP contribution in [-0.2, 0) is 11.3 Å². The molecule has 1 aliphatic heterocycles. The first-order valence-corrected chi connectivity index (χ1v) is 8.93. The van der Waals surface area contributed by atoms with Crippen LogP contribution in [0.25, 0.3) is 5.69 Å². The number of carbonyl (C=O) groups is 1. The molecule has 0 spiro atoms. The van der Waals surface area contributed by atoms with Crippen LogP contribution in [-0.4, -0.2) is 51.5 Å². The summed E-state index contributed by atoms with van der Waals surface area (Å²) in [5.74, 6) is 0.0306. The van der Waals surface area contributed by atoms with E-state index in [0.717, 1.165) is 30.9 Å². The lowest BCUT2D eigenvalue weighted by Crippen LogP contribution is -2.46. The number of piperidine rings is 1. The summed E-state index contributed by atoms with van der Waals surface area (Å²) < 4.78 is 1.80. The van der Waals surface area contributed by atoms with E-state index in [4.69, 9.17) is 5.73 Å². The molecule has 1 aliphatic rings. The van der Waals surface area contributed by atoms with Crippen LogP contribution in [0.3, 0.4) is 0 Å². The van der Waals surface area contributed by atoms with Crippen molar-refractivity contribution in [1.29, 1.82) is 0 Å². The van der Waals surface area contributed by atoms with Gasteiger partial charge in [0.1, 0.15) is 0 Å². The van der Waals surface area contributed by atoms with Crippen molar-refractivity contribution in [3.05, 3.63) is 42.2 Å². The van der Waals surface area contributed by atoms with Crippen molar-refractivity contribution in [2.75, 3.05) is 19.6 Å². The first-order valence-electron chi connectivity index (χ1n) is 8.93. The van der Waals surface area contributed by atoms with Gasteiger partial charge in [-0.3, -0.25) is 9.69 Å². The van der Waals surface area contributed by atoms with Crippen LogP contribution in [0.1, 0.15) is 31.4 Å². The SMILES string of the molecule is NCCC(=O)NCC1CCCCN1Cc1cn(-c2ccccc2)nn1. The molecule has 1 aromatic carbocycles. The maximum atomic E-state index is 11.7. The number of nitrogens with two attached hydrogens (primary N) is 1. The summed E-state index contributed by atoms with van der Waals surface area (Å²) in [5, 5.41) is 11.5. The molecule has 1 saturated heterocycles. The second-order valence-electron chi connectivity index (χ2n) is 6.45. The summed E-state index contributed by atoms with van der Waals surface area (Å²) >= 11 is 0. The predicted molar refractivity (Wildman–Crippen MR) is 96.1 cm³/mol. The van der Waals surface area contributed by atoms with Gasteiger partial charge in [0.25, 0.3) is 0 Å². The second kappa shape index (κ2) is 8.73. The molecule has 1 unspecified atom stereocenters. The lowest BCUT2D eigenvalue weighted by Gasteiger charge is -2.35. The molecule has 0 aliphatic carbocycles. The Kier molecular flexibility index (Phi) is 6.14. The van der Waals surface area contributed by atoms with Crippen molar-refractivity contribution < 1.29 is 4.79 Å². The van der Waals surface area contributed by atoms with Gasteiger partial charge in [-0.25, -0.2) is 4.68 Å². The summed E-state index contributed by atoms with van der Waals surface area (Å²) in [6, 6.07) is 10.3. The minimum Gasteiger partial charge on any atom is -0.354 e. The van der Waals surface area contributed by atoms with Gasteiger partial charge in [-0.15, -0.1) is 5.10 Å². The maximum Gasteiger partial charge on any atom is 0.221 e. The normalized spacial score (nSPS) is 18.2. The number of para-hydroxylation sites is 1. The predicted octanol–water partition coefficient (Wildman–Crippen LogP) is 1.09. The largest absolute Gasteiger partial charge is 0.354 e. The molecule has 134 valence electrons. The Balaban J connectivity index is 1.60. The van der Waals surface area contributed by atoms with Crippen LogP contribution in [0.5, 0.6) is 0 Å². The van der Waals surface area contributed by atoms with Crippen molar-refractivity contribution >= 4 is 5.91 Å². The number of rotatable bonds is 7. The summed E-state index contributed by atoms with van der Waals surface area (Å²) in [6.45, 7) is 2.84. The van der Waals surface area contributed by atoms with E-state index in [0.29, 0.717) is 25.6 Å². The minimum absolute atomic E-state index is 0.0306. The first kappa shape index (κ1) is 17.6. The van der Waals surface area contributed by atoms with E-state index in [1.807, 2.05) is 36.5 Å². The van der Waals surface area contributed by atoms with E-state index in [9.17, 15) is 4.79 Å². The van der Waals surface area contributed by atoms with Gasteiger partial charge in [0, 0.05) is 32.1 Å². The van der Waals surface area contributed by atoms with Crippen LogP contribution in [0.2, 0.25) is 0 Å². The average Bonchev–Trinajstić information content (AvgIpc) is 3.11. The quantitative estimate of drug-likeness (QED) is 0.786. The molecule has 2 heterocycles. The highest BCUT2D eigenvalue weighted by molar-refractivity contribution is 5.76. The van der Waals surface area contributed by atoms with E-state index in [-0.39, 0.29) is 5.91 Å². The fourth-order valence-corrected chi connectivity index (χ4v) is 3.24. The number of hydrogen-bond acceptors (Lipinski definition) is 5. The number of nitrogens with one attached hydrogen (secondary N) is 1. The van der Waals surface area contributed by atoms with E-state index in [2.05, 4.69) is 20.5 Å². The van der Waals surface area contributed by atoms with Crippen LogP contribution in [0.4, 0.5) is 0 Å². The number of amides is 1. The zero-order chi connectivity index (χ0) is 17.5.